The molecule has 0 aliphatic carbocycles. The summed E-state index contributed by atoms with van der Waals surface area (Å²) >= 11 is 0. The van der Waals surface area contributed by atoms with Crippen LogP contribution in [0.2, 0.25) is 0 Å². The largest absolute Gasteiger partial charge is 0.243 e. The smallest absolute Gasteiger partial charge is 0.115 e. The Morgan fingerprint density at radius 2 is 2.00 bits per heavy atom. The second-order valence-electron chi connectivity index (χ2n) is 0.712. The molecule has 0 aromatic carbocycles. The number of halogens is 1. The molecule has 0 saturated carbocycles. The fraction of sp³-hybridized carbons (Fsp3) is 0. The molecular weight excluding hydrogens is 144 g/mol. The maximum absolute atomic E-state index is 3.61. The fourth-order valence-corrected chi connectivity index (χ4v) is 0.192. The third-order valence-electron chi connectivity index (χ3n) is 0.372. The second-order valence-corrected chi connectivity index (χ2v) is 0.712. The molecule has 0 saturated heterocycles. The van der Waals surface area contributed by atoms with Crippen molar-refractivity contribution in [3.05, 3.63) is 12.4 Å². The van der Waals surface area contributed by atoms with Crippen molar-refractivity contribution in [2.45, 2.75) is 0 Å². The quantitative estimate of drug-likeness (QED) is 0.483. The van der Waals surface area contributed by atoms with E-state index in [2.05, 4.69) is 10.3 Å². The molecule has 1 heterocycles. The van der Waals surface area contributed by atoms with Gasteiger partial charge in [0, 0.05) is 12.4 Å². The van der Waals surface area contributed by atoms with Crippen molar-refractivity contribution in [3.8, 4) is 0 Å². The van der Waals surface area contributed by atoms with Gasteiger partial charge in [0.25, 0.3) is 0 Å². The van der Waals surface area contributed by atoms with E-state index in [1.54, 1.807) is 12.4 Å². The summed E-state index contributed by atoms with van der Waals surface area (Å²) in [6, 6.07) is 0. The van der Waals surface area contributed by atoms with Gasteiger partial charge in [-0.2, -0.15) is 0 Å². The van der Waals surface area contributed by atoms with Gasteiger partial charge in [-0.25, -0.2) is 10.3 Å². The summed E-state index contributed by atoms with van der Waals surface area (Å²) in [5.74, 6) is 0. The fourth-order valence-electron chi connectivity index (χ4n) is 0.192. The number of rotatable bonds is 0. The Bertz CT molecular complexity index is 66.9. The summed E-state index contributed by atoms with van der Waals surface area (Å²) in [4.78, 5) is 3.61. The first kappa shape index (κ1) is 5.69. The highest BCUT2D eigenvalue weighted by Gasteiger charge is 1.72. The van der Waals surface area contributed by atoms with Gasteiger partial charge in [-0.15, -0.1) is 17.0 Å². The molecule has 0 aromatic heterocycles. The summed E-state index contributed by atoms with van der Waals surface area (Å²) in [5.41, 5.74) is 0. The Balaban J connectivity index is 0.000000250. The van der Waals surface area contributed by atoms with Crippen molar-refractivity contribution < 1.29 is 0 Å². The van der Waals surface area contributed by atoms with E-state index in [1.807, 2.05) is 0 Å². The number of hydrogen-bond acceptors (Lipinski definition) is 1. The topological polar surface area (TPSA) is 26.5 Å². The molecule has 0 amide bonds. The molecule has 2 nitrogen and oxygen atoms in total. The third kappa shape index (κ3) is 1.21. The number of nitrogens with zero attached hydrogens (tertiary/aromatic N) is 2. The molecule has 1 aliphatic heterocycles. The summed E-state index contributed by atoms with van der Waals surface area (Å²) in [6.45, 7) is 0. The predicted octanol–water partition coefficient (Wildman–Crippen LogP) is 0.682. The van der Waals surface area contributed by atoms with Crippen LogP contribution in [-0.4, -0.2) is 6.34 Å². The standard InChI is InChI=1S/C3H3N2.BrH/c1-2-5-3-4-1;/h1-3H;1H. The molecule has 0 unspecified atom stereocenters. The Labute approximate surface area is 46.7 Å². The van der Waals surface area contributed by atoms with E-state index < -0.39 is 0 Å². The highest BCUT2D eigenvalue weighted by atomic mass is 79.9. The molecule has 0 spiro atoms. The second kappa shape index (κ2) is 2.90. The predicted molar refractivity (Wildman–Crippen MR) is 30.1 cm³/mol. The minimum absolute atomic E-state index is 0. The molecule has 0 bridgehead atoms. The SMILES string of the molecule is Br.C1=CN=C[N]1. The maximum Gasteiger partial charge on any atom is 0.115 e. The first-order chi connectivity index (χ1) is 2.50. The van der Waals surface area contributed by atoms with Crippen LogP contribution >= 0.6 is 17.0 Å². The Morgan fingerprint density at radius 3 is 2.17 bits per heavy atom. The average molecular weight is 148 g/mol. The summed E-state index contributed by atoms with van der Waals surface area (Å²) < 4.78 is 0. The summed E-state index contributed by atoms with van der Waals surface area (Å²) in [5, 5.41) is 3.61. The highest BCUT2D eigenvalue weighted by Crippen LogP contribution is 1.74. The van der Waals surface area contributed by atoms with Crippen LogP contribution < -0.4 is 5.32 Å². The minimum atomic E-state index is 0. The Hall–Kier alpha value is -0.310. The van der Waals surface area contributed by atoms with E-state index in [0.717, 1.165) is 0 Å². The van der Waals surface area contributed by atoms with E-state index in [-0.39, 0.29) is 17.0 Å². The maximum atomic E-state index is 3.61. The van der Waals surface area contributed by atoms with Crippen LogP contribution in [0.5, 0.6) is 0 Å². The normalized spacial score (nSPS) is 13.3. The van der Waals surface area contributed by atoms with E-state index in [4.69, 9.17) is 0 Å². The van der Waals surface area contributed by atoms with Crippen LogP contribution in [0.3, 0.4) is 0 Å². The van der Waals surface area contributed by atoms with Crippen molar-refractivity contribution in [1.29, 1.82) is 0 Å². The number of hydrogen-bond donors (Lipinski definition) is 0. The van der Waals surface area contributed by atoms with Gasteiger partial charge in [-0.1, -0.05) is 0 Å². The molecule has 0 N–H and O–H groups in total. The molecule has 0 atom stereocenters. The average Bonchev–Trinajstić information content (AvgIpc) is 1.76. The van der Waals surface area contributed by atoms with E-state index >= 15 is 0 Å². The van der Waals surface area contributed by atoms with Crippen LogP contribution in [0, 0.1) is 0 Å². The van der Waals surface area contributed by atoms with Gasteiger partial charge in [-0.05, 0) is 0 Å². The molecule has 3 heteroatoms. The first-order valence-corrected chi connectivity index (χ1v) is 1.37. The lowest BCUT2D eigenvalue weighted by Gasteiger charge is -1.60. The summed E-state index contributed by atoms with van der Waals surface area (Å²) in [7, 11) is 0. The highest BCUT2D eigenvalue weighted by molar-refractivity contribution is 8.93. The molecular formula is C3H4BrN2. The van der Waals surface area contributed by atoms with Gasteiger partial charge in [0.1, 0.15) is 6.34 Å². The lowest BCUT2D eigenvalue weighted by molar-refractivity contribution is 1.34. The molecule has 33 valence electrons. The van der Waals surface area contributed by atoms with Gasteiger partial charge in [0.2, 0.25) is 0 Å². The zero-order valence-electron chi connectivity index (χ0n) is 3.03. The van der Waals surface area contributed by atoms with Gasteiger partial charge >= 0.3 is 0 Å². The zero-order chi connectivity index (χ0) is 3.54. The van der Waals surface area contributed by atoms with Crippen LogP contribution in [-0.2, 0) is 0 Å². The van der Waals surface area contributed by atoms with Gasteiger partial charge in [0.15, 0.2) is 0 Å². The van der Waals surface area contributed by atoms with Crippen LogP contribution in [0.25, 0.3) is 0 Å². The van der Waals surface area contributed by atoms with Crippen LogP contribution in [0.1, 0.15) is 0 Å². The van der Waals surface area contributed by atoms with Gasteiger partial charge in [0.05, 0.1) is 0 Å². The van der Waals surface area contributed by atoms with E-state index in [9.17, 15) is 0 Å². The van der Waals surface area contributed by atoms with Gasteiger partial charge in [-0.3, -0.25) is 0 Å². The lowest BCUT2D eigenvalue weighted by Crippen LogP contribution is -1.79. The van der Waals surface area contributed by atoms with Crippen molar-refractivity contribution in [2.24, 2.45) is 4.99 Å². The molecule has 0 aromatic rings. The molecule has 1 radical (unpaired) electrons. The monoisotopic (exact) mass is 147 g/mol. The molecule has 1 rings (SSSR count). The molecule has 6 heavy (non-hydrogen) atoms. The van der Waals surface area contributed by atoms with Crippen LogP contribution in [0.4, 0.5) is 0 Å². The van der Waals surface area contributed by atoms with E-state index in [0.29, 0.717) is 0 Å². The Kier molecular flexibility index (Phi) is 2.75. The van der Waals surface area contributed by atoms with Crippen molar-refractivity contribution >= 4 is 23.3 Å². The summed E-state index contributed by atoms with van der Waals surface area (Å²) in [6.07, 6.45) is 4.78. The third-order valence-corrected chi connectivity index (χ3v) is 0.372. The lowest BCUT2D eigenvalue weighted by atomic mass is 11.0. The zero-order valence-corrected chi connectivity index (χ0v) is 4.75. The first-order valence-electron chi connectivity index (χ1n) is 1.37. The van der Waals surface area contributed by atoms with Crippen molar-refractivity contribution in [1.82, 2.24) is 5.32 Å². The molecule has 0 fully saturated rings. The van der Waals surface area contributed by atoms with E-state index in [1.165, 1.54) is 6.34 Å². The van der Waals surface area contributed by atoms with Gasteiger partial charge < -0.3 is 0 Å². The number of aliphatic imine (C=N–C) groups is 1. The van der Waals surface area contributed by atoms with Crippen molar-refractivity contribution in [2.75, 3.05) is 0 Å². The Morgan fingerprint density at radius 1 is 1.17 bits per heavy atom. The van der Waals surface area contributed by atoms with Crippen molar-refractivity contribution in [3.63, 3.8) is 0 Å². The molecule has 1 aliphatic rings. The van der Waals surface area contributed by atoms with Crippen LogP contribution in [0.15, 0.2) is 17.4 Å². The minimum Gasteiger partial charge on any atom is -0.243 e.